The molecule has 1 spiro atoms. The first-order valence-corrected chi connectivity index (χ1v) is 20.3. The van der Waals surface area contributed by atoms with Crippen LogP contribution in [0.5, 0.6) is 0 Å². The van der Waals surface area contributed by atoms with Gasteiger partial charge in [-0.15, -0.1) is 0 Å². The molecule has 1 heteroatoms. The van der Waals surface area contributed by atoms with Crippen molar-refractivity contribution in [3.8, 4) is 33.4 Å². The lowest BCUT2D eigenvalue weighted by atomic mass is 9.65. The third-order valence-electron chi connectivity index (χ3n) is 13.5. The Morgan fingerprint density at radius 1 is 0.466 bits per heavy atom. The van der Waals surface area contributed by atoms with Crippen molar-refractivity contribution < 1.29 is 0 Å². The normalized spacial score (nSPS) is 15.2. The van der Waals surface area contributed by atoms with E-state index in [-0.39, 0.29) is 0 Å². The van der Waals surface area contributed by atoms with Gasteiger partial charge in [0.15, 0.2) is 0 Å². The van der Waals surface area contributed by atoms with Gasteiger partial charge in [-0.2, -0.15) is 0 Å². The van der Waals surface area contributed by atoms with Gasteiger partial charge in [-0.1, -0.05) is 195 Å². The molecule has 58 heavy (non-hydrogen) atoms. The fourth-order valence-electron chi connectivity index (χ4n) is 11.4. The quantitative estimate of drug-likeness (QED) is 0.155. The third kappa shape index (κ3) is 4.00. The number of benzene rings is 8. The molecule has 9 aromatic rings. The molecule has 0 N–H and O–H groups in total. The molecule has 12 rings (SSSR count). The number of fused-ring (bicyclic) bond motifs is 12. The molecule has 3 aliphatic rings. The van der Waals surface area contributed by atoms with E-state index in [9.17, 15) is 0 Å². The first-order chi connectivity index (χ1) is 28.7. The Labute approximate surface area is 339 Å². The van der Waals surface area contributed by atoms with Gasteiger partial charge in [-0.3, -0.25) is 0 Å². The molecule has 1 aliphatic heterocycles. The summed E-state index contributed by atoms with van der Waals surface area (Å²) < 4.78 is 2.52. The van der Waals surface area contributed by atoms with Crippen LogP contribution in [0.1, 0.15) is 45.9 Å². The van der Waals surface area contributed by atoms with Crippen LogP contribution in [0.25, 0.3) is 60.9 Å². The van der Waals surface area contributed by atoms with Gasteiger partial charge in [-0.25, -0.2) is 0 Å². The SMILES string of the molecule is C=C/C=C\C1=C(C)C2(c3ccccc3-c3ccccc32)c2cccc3c4cc(-c5cccc6c5-c5ccccc5C6(c5ccccc5)c5ccccc5)ccc4n1c23. The zero-order valence-electron chi connectivity index (χ0n) is 32.3. The van der Waals surface area contributed by atoms with Crippen LogP contribution in [0.15, 0.2) is 218 Å². The van der Waals surface area contributed by atoms with E-state index < -0.39 is 10.8 Å². The molecular weight excluding hydrogens is 699 g/mol. The summed E-state index contributed by atoms with van der Waals surface area (Å²) in [6, 6.07) is 70.4. The zero-order valence-corrected chi connectivity index (χ0v) is 32.3. The fraction of sp³-hybridized carbons (Fsp3) is 0.0526. The Balaban J connectivity index is 1.15. The minimum absolute atomic E-state index is 0.428. The van der Waals surface area contributed by atoms with E-state index in [4.69, 9.17) is 0 Å². The second-order valence-corrected chi connectivity index (χ2v) is 16.0. The van der Waals surface area contributed by atoms with Gasteiger partial charge in [0.2, 0.25) is 0 Å². The van der Waals surface area contributed by atoms with E-state index in [0.717, 1.165) is 0 Å². The summed E-state index contributed by atoms with van der Waals surface area (Å²) in [5.74, 6) is 0. The topological polar surface area (TPSA) is 4.93 Å². The minimum Gasteiger partial charge on any atom is -0.309 e. The van der Waals surface area contributed by atoms with Gasteiger partial charge in [-0.05, 0) is 103 Å². The van der Waals surface area contributed by atoms with Crippen molar-refractivity contribution >= 4 is 27.5 Å². The molecule has 0 saturated carbocycles. The number of rotatable bonds is 5. The highest BCUT2D eigenvalue weighted by atomic mass is 15.0. The number of hydrogen-bond donors (Lipinski definition) is 0. The molecule has 0 saturated heterocycles. The highest BCUT2D eigenvalue weighted by molar-refractivity contribution is 6.15. The lowest BCUT2D eigenvalue weighted by Gasteiger charge is -2.39. The van der Waals surface area contributed by atoms with Gasteiger partial charge in [0, 0.05) is 16.5 Å². The third-order valence-corrected chi connectivity index (χ3v) is 13.5. The lowest BCUT2D eigenvalue weighted by Crippen LogP contribution is -2.33. The summed E-state index contributed by atoms with van der Waals surface area (Å²) in [4.78, 5) is 0. The molecule has 1 nitrogen and oxygen atoms in total. The van der Waals surface area contributed by atoms with Crippen molar-refractivity contribution in [2.75, 3.05) is 0 Å². The predicted octanol–water partition coefficient (Wildman–Crippen LogP) is 14.1. The summed E-state index contributed by atoms with van der Waals surface area (Å²) in [5.41, 5.74) is 21.0. The van der Waals surface area contributed by atoms with Crippen molar-refractivity contribution in [2.24, 2.45) is 0 Å². The average Bonchev–Trinajstić information content (AvgIpc) is 3.90. The Kier molecular flexibility index (Phi) is 6.90. The molecule has 0 radical (unpaired) electrons. The second-order valence-electron chi connectivity index (χ2n) is 16.0. The van der Waals surface area contributed by atoms with Crippen LogP contribution in [-0.2, 0) is 10.8 Å². The molecule has 0 atom stereocenters. The van der Waals surface area contributed by atoms with Crippen molar-refractivity contribution in [1.82, 2.24) is 4.57 Å². The molecule has 1 aromatic heterocycles. The van der Waals surface area contributed by atoms with Gasteiger partial charge in [0.1, 0.15) is 0 Å². The lowest BCUT2D eigenvalue weighted by molar-refractivity contribution is 0.736. The van der Waals surface area contributed by atoms with Gasteiger partial charge < -0.3 is 4.57 Å². The van der Waals surface area contributed by atoms with Crippen molar-refractivity contribution in [2.45, 2.75) is 17.8 Å². The van der Waals surface area contributed by atoms with Gasteiger partial charge in [0.25, 0.3) is 0 Å². The highest BCUT2D eigenvalue weighted by Crippen LogP contribution is 2.62. The summed E-state index contributed by atoms with van der Waals surface area (Å²) in [7, 11) is 0. The van der Waals surface area contributed by atoms with E-state index in [2.05, 4.69) is 218 Å². The van der Waals surface area contributed by atoms with E-state index in [1.807, 2.05) is 6.08 Å². The van der Waals surface area contributed by atoms with Crippen molar-refractivity contribution in [1.29, 1.82) is 0 Å². The first kappa shape index (κ1) is 33.0. The van der Waals surface area contributed by atoms with Gasteiger partial charge in [0.05, 0.1) is 21.9 Å². The highest BCUT2D eigenvalue weighted by Gasteiger charge is 2.50. The van der Waals surface area contributed by atoms with Crippen molar-refractivity contribution in [3.63, 3.8) is 0 Å². The fourth-order valence-corrected chi connectivity index (χ4v) is 11.4. The summed E-state index contributed by atoms with van der Waals surface area (Å²) >= 11 is 0. The molecule has 0 bridgehead atoms. The van der Waals surface area contributed by atoms with Crippen LogP contribution < -0.4 is 0 Å². The van der Waals surface area contributed by atoms with Crippen LogP contribution in [0.3, 0.4) is 0 Å². The Morgan fingerprint density at radius 2 is 1.00 bits per heavy atom. The molecule has 8 aromatic carbocycles. The summed E-state index contributed by atoms with van der Waals surface area (Å²) in [5, 5.41) is 2.52. The van der Waals surface area contributed by atoms with Crippen LogP contribution >= 0.6 is 0 Å². The number of allylic oxidation sites excluding steroid dienone is 5. The van der Waals surface area contributed by atoms with Crippen LogP contribution in [-0.4, -0.2) is 4.57 Å². The minimum atomic E-state index is -0.449. The largest absolute Gasteiger partial charge is 0.309 e. The van der Waals surface area contributed by atoms with Crippen LogP contribution in [0.2, 0.25) is 0 Å². The monoisotopic (exact) mass is 737 g/mol. The molecule has 2 heterocycles. The molecular formula is C57H39N. The van der Waals surface area contributed by atoms with E-state index >= 15 is 0 Å². The molecule has 2 aliphatic carbocycles. The zero-order chi connectivity index (χ0) is 38.6. The van der Waals surface area contributed by atoms with Crippen molar-refractivity contribution in [3.05, 3.63) is 257 Å². The Hall–Kier alpha value is -7.22. The number of aromatic nitrogens is 1. The van der Waals surface area contributed by atoms with Crippen LogP contribution in [0.4, 0.5) is 0 Å². The number of hydrogen-bond acceptors (Lipinski definition) is 0. The summed E-state index contributed by atoms with van der Waals surface area (Å²) in [6.07, 6.45) is 6.25. The molecule has 0 unspecified atom stereocenters. The first-order valence-electron chi connectivity index (χ1n) is 20.3. The molecule has 0 amide bonds. The maximum absolute atomic E-state index is 4.09. The number of para-hydroxylation sites is 1. The maximum atomic E-state index is 4.09. The van der Waals surface area contributed by atoms with E-state index in [1.54, 1.807) is 0 Å². The van der Waals surface area contributed by atoms with E-state index in [0.29, 0.717) is 0 Å². The Morgan fingerprint density at radius 3 is 1.66 bits per heavy atom. The molecule has 0 fully saturated rings. The molecule has 272 valence electrons. The van der Waals surface area contributed by atoms with E-state index in [1.165, 1.54) is 105 Å². The van der Waals surface area contributed by atoms with Crippen LogP contribution in [0, 0.1) is 0 Å². The van der Waals surface area contributed by atoms with Gasteiger partial charge >= 0.3 is 0 Å². The second kappa shape index (κ2) is 12.1. The standard InChI is InChI=1S/C57H39N/c1-3-4-33-52-37(2)56(47-28-14-11-23-42(47)43-24-12-15-29-48(43)56)51-32-18-27-44-46-36-38(34-35-53(46)58(52)55(44)51)41-26-17-31-50-54(41)45-25-13-16-30-49(45)57(50,39-19-7-5-8-20-39)40-21-9-6-10-22-40/h3-36H,1H2,2H3/b33-4-. The average molecular weight is 738 g/mol. The smallest absolute Gasteiger partial charge is 0.0714 e. The maximum Gasteiger partial charge on any atom is 0.0714 e. The Bertz CT molecular complexity index is 3160. The number of nitrogens with zero attached hydrogens (tertiary/aromatic N) is 1. The summed E-state index contributed by atoms with van der Waals surface area (Å²) in [6.45, 7) is 6.44. The predicted molar refractivity (Wildman–Crippen MR) is 242 cm³/mol.